The Hall–Kier alpha value is -1.65. The Morgan fingerprint density at radius 1 is 1.30 bits per heavy atom. The summed E-state index contributed by atoms with van der Waals surface area (Å²) in [6, 6.07) is 8.56. The van der Waals surface area contributed by atoms with E-state index < -0.39 is 0 Å². The predicted octanol–water partition coefficient (Wildman–Crippen LogP) is 2.60. The van der Waals surface area contributed by atoms with Crippen molar-refractivity contribution in [1.82, 2.24) is 15.0 Å². The molecule has 20 heavy (non-hydrogen) atoms. The largest absolute Gasteiger partial charge is 0.335 e. The van der Waals surface area contributed by atoms with Gasteiger partial charge in [-0.25, -0.2) is 4.98 Å². The van der Waals surface area contributed by atoms with Gasteiger partial charge >= 0.3 is 0 Å². The Bertz CT molecular complexity index is 533. The van der Waals surface area contributed by atoms with Crippen molar-refractivity contribution >= 4 is 0 Å². The number of hydrogen-bond donors (Lipinski definition) is 2. The van der Waals surface area contributed by atoms with Crippen LogP contribution in [0, 0.1) is 0 Å². The molecule has 2 rings (SSSR count). The quantitative estimate of drug-likeness (QED) is 0.602. The predicted molar refractivity (Wildman–Crippen MR) is 82.1 cm³/mol. The van der Waals surface area contributed by atoms with Gasteiger partial charge in [0.05, 0.1) is 6.04 Å². The number of nitrogens with zero attached hydrogens (tertiary/aromatic N) is 2. The highest BCUT2D eigenvalue weighted by Crippen LogP contribution is 2.21. The smallest absolute Gasteiger partial charge is 0.110 e. The molecule has 0 spiro atoms. The lowest BCUT2D eigenvalue weighted by atomic mass is 9.96. The molecular weight excluding hydrogens is 248 g/mol. The van der Waals surface area contributed by atoms with Gasteiger partial charge in [-0.15, -0.1) is 0 Å². The van der Waals surface area contributed by atoms with Crippen LogP contribution < -0.4 is 11.3 Å². The van der Waals surface area contributed by atoms with Crippen LogP contribution in [0.1, 0.15) is 43.3 Å². The maximum Gasteiger partial charge on any atom is 0.110 e. The minimum atomic E-state index is 0.101. The van der Waals surface area contributed by atoms with Crippen LogP contribution in [0.4, 0.5) is 0 Å². The minimum absolute atomic E-state index is 0.101. The molecule has 1 aromatic heterocycles. The van der Waals surface area contributed by atoms with E-state index in [9.17, 15) is 0 Å². The molecule has 0 saturated heterocycles. The Balaban J connectivity index is 2.22. The van der Waals surface area contributed by atoms with Crippen LogP contribution >= 0.6 is 0 Å². The molecule has 1 atom stereocenters. The second-order valence-electron chi connectivity index (χ2n) is 5.01. The van der Waals surface area contributed by atoms with Crippen LogP contribution in [0.25, 0.3) is 0 Å². The number of benzene rings is 1. The maximum absolute atomic E-state index is 5.78. The highest BCUT2D eigenvalue weighted by Gasteiger charge is 2.16. The molecule has 4 heteroatoms. The number of nitrogens with one attached hydrogen (secondary N) is 1. The van der Waals surface area contributed by atoms with Gasteiger partial charge in [-0.05, 0) is 24.0 Å². The van der Waals surface area contributed by atoms with Gasteiger partial charge in [-0.3, -0.25) is 11.3 Å². The van der Waals surface area contributed by atoms with Gasteiger partial charge < -0.3 is 4.57 Å². The van der Waals surface area contributed by atoms with E-state index in [1.807, 2.05) is 12.4 Å². The van der Waals surface area contributed by atoms with Crippen molar-refractivity contribution in [3.63, 3.8) is 0 Å². The second kappa shape index (κ2) is 7.22. The summed E-state index contributed by atoms with van der Waals surface area (Å²) in [5, 5.41) is 0. The molecule has 0 fully saturated rings. The molecule has 3 N–H and O–H groups in total. The molecule has 1 unspecified atom stereocenters. The van der Waals surface area contributed by atoms with E-state index >= 15 is 0 Å². The van der Waals surface area contributed by atoms with Crippen LogP contribution in [0.3, 0.4) is 0 Å². The third kappa shape index (κ3) is 3.26. The molecule has 108 valence electrons. The SMILES string of the molecule is CCCn1ccnc1CC(NN)c1ccccc1CC. The molecular formula is C16H24N4. The third-order valence-corrected chi connectivity index (χ3v) is 3.67. The molecule has 0 amide bonds. The van der Waals surface area contributed by atoms with Gasteiger partial charge in [0.15, 0.2) is 0 Å². The van der Waals surface area contributed by atoms with Crippen molar-refractivity contribution in [3.8, 4) is 0 Å². The summed E-state index contributed by atoms with van der Waals surface area (Å²) in [5.74, 6) is 6.87. The van der Waals surface area contributed by atoms with Crippen LogP contribution in [-0.4, -0.2) is 9.55 Å². The molecule has 4 nitrogen and oxygen atoms in total. The summed E-state index contributed by atoms with van der Waals surface area (Å²) in [4.78, 5) is 4.47. The standard InChI is InChI=1S/C16H24N4/c1-3-10-20-11-9-18-16(20)12-15(19-17)14-8-6-5-7-13(14)4-2/h5-9,11,15,19H,3-4,10,12,17H2,1-2H3. The number of aryl methyl sites for hydroxylation is 2. The lowest BCUT2D eigenvalue weighted by Gasteiger charge is -2.19. The van der Waals surface area contributed by atoms with Gasteiger partial charge in [-0.1, -0.05) is 38.1 Å². The van der Waals surface area contributed by atoms with Gasteiger partial charge in [0.1, 0.15) is 5.82 Å². The zero-order valence-electron chi connectivity index (χ0n) is 12.3. The van der Waals surface area contributed by atoms with E-state index in [2.05, 4.69) is 53.1 Å². The number of imidazole rings is 1. The average molecular weight is 272 g/mol. The summed E-state index contributed by atoms with van der Waals surface area (Å²) in [7, 11) is 0. The molecule has 0 saturated carbocycles. The van der Waals surface area contributed by atoms with Crippen LogP contribution in [0.2, 0.25) is 0 Å². The van der Waals surface area contributed by atoms with Crippen molar-refractivity contribution in [1.29, 1.82) is 0 Å². The van der Waals surface area contributed by atoms with Crippen molar-refractivity contribution in [2.45, 2.75) is 45.7 Å². The first-order valence-corrected chi connectivity index (χ1v) is 7.34. The fourth-order valence-electron chi connectivity index (χ4n) is 2.61. The lowest BCUT2D eigenvalue weighted by Crippen LogP contribution is -2.31. The van der Waals surface area contributed by atoms with Crippen LogP contribution in [0.15, 0.2) is 36.7 Å². The zero-order valence-corrected chi connectivity index (χ0v) is 12.3. The number of hydrogen-bond acceptors (Lipinski definition) is 3. The van der Waals surface area contributed by atoms with E-state index in [1.165, 1.54) is 11.1 Å². The molecule has 1 aromatic carbocycles. The maximum atomic E-state index is 5.78. The fraction of sp³-hybridized carbons (Fsp3) is 0.438. The Kier molecular flexibility index (Phi) is 5.32. The van der Waals surface area contributed by atoms with E-state index in [0.29, 0.717) is 0 Å². The number of hydrazine groups is 1. The van der Waals surface area contributed by atoms with Gasteiger partial charge in [0.2, 0.25) is 0 Å². The second-order valence-corrected chi connectivity index (χ2v) is 5.01. The number of rotatable bonds is 7. The Morgan fingerprint density at radius 2 is 2.10 bits per heavy atom. The number of aromatic nitrogens is 2. The van der Waals surface area contributed by atoms with Crippen molar-refractivity contribution < 1.29 is 0 Å². The molecule has 0 bridgehead atoms. The molecule has 0 radical (unpaired) electrons. The summed E-state index contributed by atoms with van der Waals surface area (Å²) >= 11 is 0. The molecule has 1 heterocycles. The van der Waals surface area contributed by atoms with Crippen molar-refractivity contribution in [2.24, 2.45) is 5.84 Å². The third-order valence-electron chi connectivity index (χ3n) is 3.67. The molecule has 2 aromatic rings. The topological polar surface area (TPSA) is 55.9 Å². The number of nitrogens with two attached hydrogens (primary N) is 1. The van der Waals surface area contributed by atoms with Gasteiger partial charge in [0, 0.05) is 25.4 Å². The van der Waals surface area contributed by atoms with Gasteiger partial charge in [0.25, 0.3) is 0 Å². The van der Waals surface area contributed by atoms with Crippen molar-refractivity contribution in [2.75, 3.05) is 0 Å². The first-order valence-electron chi connectivity index (χ1n) is 7.34. The normalized spacial score (nSPS) is 12.6. The van der Waals surface area contributed by atoms with E-state index in [4.69, 9.17) is 5.84 Å². The first-order chi connectivity index (χ1) is 9.80. The van der Waals surface area contributed by atoms with Crippen LogP contribution in [0.5, 0.6) is 0 Å². The Labute approximate surface area is 121 Å². The van der Waals surface area contributed by atoms with E-state index in [-0.39, 0.29) is 6.04 Å². The average Bonchev–Trinajstić information content (AvgIpc) is 2.92. The lowest BCUT2D eigenvalue weighted by molar-refractivity contribution is 0.514. The molecule has 0 aliphatic heterocycles. The van der Waals surface area contributed by atoms with Crippen LogP contribution in [-0.2, 0) is 19.4 Å². The van der Waals surface area contributed by atoms with Crippen molar-refractivity contribution in [3.05, 3.63) is 53.6 Å². The highest BCUT2D eigenvalue weighted by atomic mass is 15.2. The van der Waals surface area contributed by atoms with E-state index in [1.54, 1.807) is 0 Å². The minimum Gasteiger partial charge on any atom is -0.335 e. The fourth-order valence-corrected chi connectivity index (χ4v) is 2.61. The summed E-state index contributed by atoms with van der Waals surface area (Å²) in [6.45, 7) is 5.35. The monoisotopic (exact) mass is 272 g/mol. The molecule has 0 aliphatic carbocycles. The Morgan fingerprint density at radius 3 is 2.80 bits per heavy atom. The first kappa shape index (κ1) is 14.8. The summed E-state index contributed by atoms with van der Waals surface area (Å²) in [6.07, 6.45) is 6.83. The van der Waals surface area contributed by atoms with Gasteiger partial charge in [-0.2, -0.15) is 0 Å². The summed E-state index contributed by atoms with van der Waals surface area (Å²) < 4.78 is 2.21. The zero-order chi connectivity index (χ0) is 14.4. The van der Waals surface area contributed by atoms with E-state index in [0.717, 1.165) is 31.6 Å². The summed E-state index contributed by atoms with van der Waals surface area (Å²) in [5.41, 5.74) is 5.55. The molecule has 0 aliphatic rings. The highest BCUT2D eigenvalue weighted by molar-refractivity contribution is 5.30.